The lowest BCUT2D eigenvalue weighted by Gasteiger charge is -2.07. The molecule has 92 valence electrons. The van der Waals surface area contributed by atoms with Gasteiger partial charge in [-0.2, -0.15) is 0 Å². The summed E-state index contributed by atoms with van der Waals surface area (Å²) in [5, 5.41) is 9.32. The van der Waals surface area contributed by atoms with Crippen molar-refractivity contribution in [1.29, 1.82) is 0 Å². The molecule has 0 spiro atoms. The fourth-order valence-electron chi connectivity index (χ4n) is 1.53. The second kappa shape index (κ2) is 5.51. The summed E-state index contributed by atoms with van der Waals surface area (Å²) >= 11 is 4.87. The third-order valence-corrected chi connectivity index (χ3v) is 2.69. The zero-order chi connectivity index (χ0) is 13.0. The number of phenolic OH excluding ortho intramolecular Hbond substituents is 1. The van der Waals surface area contributed by atoms with E-state index in [0.29, 0.717) is 11.6 Å². The Morgan fingerprint density at radius 1 is 1.17 bits per heavy atom. The van der Waals surface area contributed by atoms with Gasteiger partial charge in [-0.3, -0.25) is 0 Å². The van der Waals surface area contributed by atoms with Crippen molar-refractivity contribution >= 4 is 17.2 Å². The van der Waals surface area contributed by atoms with Crippen molar-refractivity contribution in [3.05, 3.63) is 59.7 Å². The Kier molecular flexibility index (Phi) is 3.79. The first-order valence-corrected chi connectivity index (χ1v) is 5.86. The van der Waals surface area contributed by atoms with Crippen LogP contribution in [-0.2, 0) is 6.61 Å². The van der Waals surface area contributed by atoms with E-state index < -0.39 is 0 Å². The van der Waals surface area contributed by atoms with Crippen LogP contribution in [0.5, 0.6) is 11.5 Å². The summed E-state index contributed by atoms with van der Waals surface area (Å²) in [5.74, 6) is 0.971. The summed E-state index contributed by atoms with van der Waals surface area (Å²) < 4.78 is 5.59. The Bertz CT molecular complexity index is 552. The maximum Gasteiger partial charge on any atom is 0.119 e. The molecule has 0 radical (unpaired) electrons. The Morgan fingerprint density at radius 2 is 1.89 bits per heavy atom. The van der Waals surface area contributed by atoms with Crippen LogP contribution in [0, 0.1) is 0 Å². The number of thiocarbonyl (C=S) groups is 1. The van der Waals surface area contributed by atoms with Crippen LogP contribution in [-0.4, -0.2) is 10.1 Å². The molecule has 0 aromatic heterocycles. The molecule has 0 aliphatic rings. The monoisotopic (exact) mass is 259 g/mol. The lowest BCUT2D eigenvalue weighted by atomic mass is 10.2. The van der Waals surface area contributed by atoms with Crippen LogP contribution in [0.25, 0.3) is 0 Å². The molecule has 0 saturated carbocycles. The first kappa shape index (κ1) is 12.4. The number of hydrogen-bond acceptors (Lipinski definition) is 3. The van der Waals surface area contributed by atoms with Crippen molar-refractivity contribution in [2.45, 2.75) is 6.61 Å². The highest BCUT2D eigenvalue weighted by atomic mass is 32.1. The van der Waals surface area contributed by atoms with Gasteiger partial charge in [0.1, 0.15) is 23.1 Å². The molecule has 0 heterocycles. The van der Waals surface area contributed by atoms with Crippen molar-refractivity contribution in [1.82, 2.24) is 0 Å². The minimum Gasteiger partial charge on any atom is -0.508 e. The standard InChI is InChI=1S/C14H13NO2S/c15-14(18)11-4-6-13(7-5-11)17-9-10-2-1-3-12(16)8-10/h1-8,16H,9H2,(H2,15,18). The van der Waals surface area contributed by atoms with E-state index in [1.807, 2.05) is 30.3 Å². The van der Waals surface area contributed by atoms with E-state index in [4.69, 9.17) is 22.7 Å². The second-order valence-electron chi connectivity index (χ2n) is 3.85. The summed E-state index contributed by atoms with van der Waals surface area (Å²) in [6, 6.07) is 14.2. The predicted octanol–water partition coefficient (Wildman–Crippen LogP) is 2.61. The largest absolute Gasteiger partial charge is 0.508 e. The zero-order valence-electron chi connectivity index (χ0n) is 9.67. The van der Waals surface area contributed by atoms with Crippen molar-refractivity contribution in [3.63, 3.8) is 0 Å². The summed E-state index contributed by atoms with van der Waals surface area (Å²) in [5.41, 5.74) is 7.23. The molecule has 0 fully saturated rings. The van der Waals surface area contributed by atoms with E-state index in [1.54, 1.807) is 18.2 Å². The average molecular weight is 259 g/mol. The lowest BCUT2D eigenvalue weighted by Crippen LogP contribution is -2.08. The first-order valence-electron chi connectivity index (χ1n) is 5.46. The molecule has 0 aliphatic heterocycles. The molecule has 2 aromatic rings. The van der Waals surface area contributed by atoms with E-state index >= 15 is 0 Å². The highest BCUT2D eigenvalue weighted by molar-refractivity contribution is 7.80. The molecule has 18 heavy (non-hydrogen) atoms. The number of aromatic hydroxyl groups is 1. The molecule has 0 saturated heterocycles. The SMILES string of the molecule is NC(=S)c1ccc(OCc2cccc(O)c2)cc1. The van der Waals surface area contributed by atoms with Crippen LogP contribution in [0.1, 0.15) is 11.1 Å². The number of rotatable bonds is 4. The van der Waals surface area contributed by atoms with Crippen molar-refractivity contribution in [2.24, 2.45) is 5.73 Å². The van der Waals surface area contributed by atoms with Crippen LogP contribution in [0.2, 0.25) is 0 Å². The topological polar surface area (TPSA) is 55.5 Å². The fourth-order valence-corrected chi connectivity index (χ4v) is 1.66. The molecule has 2 aromatic carbocycles. The number of hydrogen-bond donors (Lipinski definition) is 2. The predicted molar refractivity (Wildman–Crippen MR) is 74.8 cm³/mol. The van der Waals surface area contributed by atoms with Gasteiger partial charge in [0.25, 0.3) is 0 Å². The number of phenols is 1. The molecule has 3 nitrogen and oxygen atoms in total. The van der Waals surface area contributed by atoms with Crippen molar-refractivity contribution < 1.29 is 9.84 Å². The van der Waals surface area contributed by atoms with Gasteiger partial charge in [-0.15, -0.1) is 0 Å². The second-order valence-corrected chi connectivity index (χ2v) is 4.29. The van der Waals surface area contributed by atoms with Gasteiger partial charge in [-0.25, -0.2) is 0 Å². The molecular formula is C14H13NO2S. The van der Waals surface area contributed by atoms with Crippen LogP contribution in [0.15, 0.2) is 48.5 Å². The molecule has 3 N–H and O–H groups in total. The molecule has 0 bridgehead atoms. The highest BCUT2D eigenvalue weighted by Gasteiger charge is 1.99. The Morgan fingerprint density at radius 3 is 2.50 bits per heavy atom. The highest BCUT2D eigenvalue weighted by Crippen LogP contribution is 2.16. The minimum atomic E-state index is 0.236. The zero-order valence-corrected chi connectivity index (χ0v) is 10.5. The number of ether oxygens (including phenoxy) is 1. The van der Waals surface area contributed by atoms with E-state index in [2.05, 4.69) is 0 Å². The van der Waals surface area contributed by atoms with Gasteiger partial charge >= 0.3 is 0 Å². The van der Waals surface area contributed by atoms with Crippen molar-refractivity contribution in [3.8, 4) is 11.5 Å². The van der Waals surface area contributed by atoms with Crippen LogP contribution >= 0.6 is 12.2 Å². The van der Waals surface area contributed by atoms with Crippen LogP contribution in [0.4, 0.5) is 0 Å². The third kappa shape index (κ3) is 3.21. The Hall–Kier alpha value is -2.07. The fraction of sp³-hybridized carbons (Fsp3) is 0.0714. The van der Waals surface area contributed by atoms with E-state index in [9.17, 15) is 5.11 Å². The maximum absolute atomic E-state index is 9.32. The normalized spacial score (nSPS) is 10.0. The average Bonchev–Trinajstić information content (AvgIpc) is 2.37. The lowest BCUT2D eigenvalue weighted by molar-refractivity contribution is 0.305. The summed E-state index contributed by atoms with van der Waals surface area (Å²) in [6.07, 6.45) is 0. The molecule has 4 heteroatoms. The Labute approximate surface area is 111 Å². The summed E-state index contributed by atoms with van der Waals surface area (Å²) in [6.45, 7) is 0.404. The molecule has 0 aliphatic carbocycles. The summed E-state index contributed by atoms with van der Waals surface area (Å²) in [7, 11) is 0. The first-order chi connectivity index (χ1) is 8.65. The van der Waals surface area contributed by atoms with Crippen LogP contribution < -0.4 is 10.5 Å². The Balaban J connectivity index is 2.00. The van der Waals surface area contributed by atoms with Gasteiger partial charge in [-0.1, -0.05) is 24.4 Å². The van der Waals surface area contributed by atoms with Gasteiger partial charge in [-0.05, 0) is 42.0 Å². The van der Waals surface area contributed by atoms with E-state index in [-0.39, 0.29) is 5.75 Å². The quantitative estimate of drug-likeness (QED) is 0.829. The van der Waals surface area contributed by atoms with Gasteiger partial charge in [0.2, 0.25) is 0 Å². The van der Waals surface area contributed by atoms with Gasteiger partial charge < -0.3 is 15.6 Å². The molecule has 0 atom stereocenters. The van der Waals surface area contributed by atoms with E-state index in [0.717, 1.165) is 16.9 Å². The maximum atomic E-state index is 9.32. The smallest absolute Gasteiger partial charge is 0.119 e. The third-order valence-electron chi connectivity index (χ3n) is 2.45. The number of nitrogens with two attached hydrogens (primary N) is 1. The minimum absolute atomic E-state index is 0.236. The van der Waals surface area contributed by atoms with Gasteiger partial charge in [0.15, 0.2) is 0 Å². The van der Waals surface area contributed by atoms with Gasteiger partial charge in [0, 0.05) is 5.56 Å². The van der Waals surface area contributed by atoms with E-state index in [1.165, 1.54) is 0 Å². The molecule has 0 unspecified atom stereocenters. The van der Waals surface area contributed by atoms with Crippen LogP contribution in [0.3, 0.4) is 0 Å². The molecular weight excluding hydrogens is 246 g/mol. The molecule has 0 amide bonds. The van der Waals surface area contributed by atoms with Crippen molar-refractivity contribution in [2.75, 3.05) is 0 Å². The molecule has 2 rings (SSSR count). The van der Waals surface area contributed by atoms with Gasteiger partial charge in [0.05, 0.1) is 0 Å². The number of benzene rings is 2. The summed E-state index contributed by atoms with van der Waals surface area (Å²) in [4.78, 5) is 0.370.